The minimum absolute atomic E-state index is 0.146. The molecule has 3 rings (SSSR count). The van der Waals surface area contributed by atoms with E-state index in [1.807, 2.05) is 23.1 Å². The first kappa shape index (κ1) is 23.4. The van der Waals surface area contributed by atoms with Crippen LogP contribution in [0, 0.1) is 0 Å². The standard InChI is InChI=1S/C20H23N3O5S3/c1-2-20-21-19(13-29-20)18(23-30(24,25)14-16-6-4-3-5-7-16)12-15-8-10-17(11-9-15)22-31(26,27)28/h3-11,13,18,22-23H,2,12,14H2,1H3,(H,26,27,28). The van der Waals surface area contributed by atoms with E-state index in [1.165, 1.54) is 23.5 Å². The molecule has 3 aromatic rings. The van der Waals surface area contributed by atoms with Crippen LogP contribution in [0.3, 0.4) is 0 Å². The average molecular weight is 482 g/mol. The van der Waals surface area contributed by atoms with Gasteiger partial charge in [0.25, 0.3) is 0 Å². The first-order valence-corrected chi connectivity index (χ1v) is 13.4. The normalized spacial score (nSPS) is 13.1. The Kier molecular flexibility index (Phi) is 7.44. The molecule has 0 saturated heterocycles. The van der Waals surface area contributed by atoms with E-state index in [0.717, 1.165) is 17.0 Å². The van der Waals surface area contributed by atoms with Gasteiger partial charge in [0.15, 0.2) is 0 Å². The van der Waals surface area contributed by atoms with E-state index >= 15 is 0 Å². The number of rotatable bonds is 10. The van der Waals surface area contributed by atoms with Crippen LogP contribution in [0.4, 0.5) is 5.69 Å². The van der Waals surface area contributed by atoms with Crippen molar-refractivity contribution in [1.29, 1.82) is 0 Å². The predicted octanol–water partition coefficient (Wildman–Crippen LogP) is 3.32. The maximum Gasteiger partial charge on any atom is 0.357 e. The van der Waals surface area contributed by atoms with Crippen molar-refractivity contribution in [2.75, 3.05) is 4.72 Å². The van der Waals surface area contributed by atoms with Crippen molar-refractivity contribution in [2.24, 2.45) is 0 Å². The summed E-state index contributed by atoms with van der Waals surface area (Å²) in [6.45, 7) is 1.98. The molecule has 1 unspecified atom stereocenters. The fraction of sp³-hybridized carbons (Fsp3) is 0.250. The Morgan fingerprint density at radius 2 is 1.68 bits per heavy atom. The number of aryl methyl sites for hydroxylation is 1. The molecule has 8 nitrogen and oxygen atoms in total. The smallest absolute Gasteiger partial charge is 0.269 e. The molecule has 0 amide bonds. The van der Waals surface area contributed by atoms with Gasteiger partial charge in [-0.15, -0.1) is 11.3 Å². The number of nitrogens with zero attached hydrogens (tertiary/aromatic N) is 1. The van der Waals surface area contributed by atoms with E-state index < -0.39 is 26.4 Å². The van der Waals surface area contributed by atoms with Gasteiger partial charge in [0, 0.05) is 5.38 Å². The second-order valence-corrected chi connectivity index (χ2v) is 10.8. The van der Waals surface area contributed by atoms with Gasteiger partial charge in [-0.1, -0.05) is 49.4 Å². The Hall–Kier alpha value is -2.31. The van der Waals surface area contributed by atoms with E-state index in [-0.39, 0.29) is 11.4 Å². The van der Waals surface area contributed by atoms with Crippen LogP contribution in [0.5, 0.6) is 0 Å². The number of aromatic nitrogens is 1. The van der Waals surface area contributed by atoms with Crippen LogP contribution in [-0.2, 0) is 38.9 Å². The maximum atomic E-state index is 12.8. The summed E-state index contributed by atoms with van der Waals surface area (Å²) in [6.07, 6.45) is 1.08. The van der Waals surface area contributed by atoms with Gasteiger partial charge in [-0.3, -0.25) is 9.27 Å². The molecule has 0 bridgehead atoms. The molecular weight excluding hydrogens is 458 g/mol. The SMILES string of the molecule is CCc1nc(C(Cc2ccc(NS(=O)(=O)O)cc2)NS(=O)(=O)Cc2ccccc2)cs1. The number of anilines is 1. The third-order valence-corrected chi connectivity index (χ3v) is 7.25. The summed E-state index contributed by atoms with van der Waals surface area (Å²) in [5.41, 5.74) is 2.30. The van der Waals surface area contributed by atoms with Crippen LogP contribution in [0.15, 0.2) is 60.0 Å². The third kappa shape index (κ3) is 7.40. The van der Waals surface area contributed by atoms with Gasteiger partial charge in [0.2, 0.25) is 10.0 Å². The van der Waals surface area contributed by atoms with Gasteiger partial charge in [-0.2, -0.15) is 8.42 Å². The number of sulfonamides is 1. The van der Waals surface area contributed by atoms with Crippen molar-refractivity contribution in [1.82, 2.24) is 9.71 Å². The molecule has 1 heterocycles. The summed E-state index contributed by atoms with van der Waals surface area (Å²) in [5.74, 6) is -0.146. The zero-order valence-corrected chi connectivity index (χ0v) is 19.2. The molecule has 11 heteroatoms. The van der Waals surface area contributed by atoms with Crippen molar-refractivity contribution in [3.8, 4) is 0 Å². The summed E-state index contributed by atoms with van der Waals surface area (Å²) in [4.78, 5) is 4.55. The first-order valence-electron chi connectivity index (χ1n) is 9.46. The molecule has 1 atom stereocenters. The molecule has 2 aromatic carbocycles. The maximum absolute atomic E-state index is 12.8. The summed E-state index contributed by atoms with van der Waals surface area (Å²) >= 11 is 1.48. The van der Waals surface area contributed by atoms with E-state index in [9.17, 15) is 16.8 Å². The minimum Gasteiger partial charge on any atom is -0.269 e. The molecule has 166 valence electrons. The Labute approximate surface area is 186 Å². The number of benzene rings is 2. The molecule has 0 spiro atoms. The number of nitrogens with one attached hydrogen (secondary N) is 2. The molecule has 31 heavy (non-hydrogen) atoms. The summed E-state index contributed by atoms with van der Waals surface area (Å²) in [7, 11) is -8.00. The Balaban J connectivity index is 1.81. The molecule has 0 aliphatic rings. The zero-order chi connectivity index (χ0) is 22.5. The van der Waals surface area contributed by atoms with Crippen LogP contribution in [-0.4, -0.2) is 26.4 Å². The van der Waals surface area contributed by atoms with Crippen LogP contribution < -0.4 is 9.44 Å². The molecule has 0 saturated carbocycles. The average Bonchev–Trinajstić information content (AvgIpc) is 3.17. The zero-order valence-electron chi connectivity index (χ0n) is 16.7. The highest BCUT2D eigenvalue weighted by Gasteiger charge is 2.23. The molecule has 1 aromatic heterocycles. The Bertz CT molecular complexity index is 1210. The number of thiazole rings is 1. The molecule has 0 radical (unpaired) electrons. The molecule has 0 fully saturated rings. The van der Waals surface area contributed by atoms with E-state index in [0.29, 0.717) is 17.7 Å². The van der Waals surface area contributed by atoms with E-state index in [1.54, 1.807) is 36.4 Å². The lowest BCUT2D eigenvalue weighted by Gasteiger charge is -2.18. The molecular formula is C20H23N3O5S3. The highest BCUT2D eigenvalue weighted by Crippen LogP contribution is 2.24. The van der Waals surface area contributed by atoms with Crippen molar-refractivity contribution >= 4 is 37.4 Å². The van der Waals surface area contributed by atoms with Crippen molar-refractivity contribution in [2.45, 2.75) is 31.6 Å². The molecule has 0 aliphatic heterocycles. The van der Waals surface area contributed by atoms with Gasteiger partial charge < -0.3 is 0 Å². The van der Waals surface area contributed by atoms with Crippen LogP contribution in [0.2, 0.25) is 0 Å². The predicted molar refractivity (Wildman–Crippen MR) is 122 cm³/mol. The molecule has 0 aliphatic carbocycles. The lowest BCUT2D eigenvalue weighted by Crippen LogP contribution is -2.31. The first-order chi connectivity index (χ1) is 14.6. The minimum atomic E-state index is -4.36. The summed E-state index contributed by atoms with van der Waals surface area (Å²) < 4.78 is 61.2. The van der Waals surface area contributed by atoms with Gasteiger partial charge >= 0.3 is 10.3 Å². The second-order valence-electron chi connectivity index (χ2n) is 6.91. The summed E-state index contributed by atoms with van der Waals surface area (Å²) in [6, 6.07) is 14.7. The van der Waals surface area contributed by atoms with Crippen molar-refractivity contribution in [3.63, 3.8) is 0 Å². The van der Waals surface area contributed by atoms with Gasteiger partial charge in [0.05, 0.1) is 28.2 Å². The van der Waals surface area contributed by atoms with Gasteiger partial charge in [-0.05, 0) is 36.1 Å². The van der Waals surface area contributed by atoms with Crippen molar-refractivity contribution in [3.05, 3.63) is 81.8 Å². The second kappa shape index (κ2) is 9.88. The topological polar surface area (TPSA) is 125 Å². The number of hydrogen-bond donors (Lipinski definition) is 3. The van der Waals surface area contributed by atoms with Crippen LogP contribution in [0.1, 0.15) is 34.8 Å². The Morgan fingerprint density at radius 1 is 1.00 bits per heavy atom. The van der Waals surface area contributed by atoms with Crippen LogP contribution >= 0.6 is 11.3 Å². The largest absolute Gasteiger partial charge is 0.357 e. The van der Waals surface area contributed by atoms with E-state index in [2.05, 4.69) is 9.71 Å². The highest BCUT2D eigenvalue weighted by molar-refractivity contribution is 7.88. The molecule has 3 N–H and O–H groups in total. The third-order valence-electron chi connectivity index (χ3n) is 4.39. The highest BCUT2D eigenvalue weighted by atomic mass is 32.2. The fourth-order valence-corrected chi connectivity index (χ4v) is 5.58. The van der Waals surface area contributed by atoms with E-state index in [4.69, 9.17) is 4.55 Å². The Morgan fingerprint density at radius 3 is 2.26 bits per heavy atom. The number of hydrogen-bond acceptors (Lipinski definition) is 6. The summed E-state index contributed by atoms with van der Waals surface area (Å²) in [5, 5.41) is 2.76. The fourth-order valence-electron chi connectivity index (χ4n) is 3.00. The van der Waals surface area contributed by atoms with Crippen molar-refractivity contribution < 1.29 is 21.4 Å². The van der Waals surface area contributed by atoms with Gasteiger partial charge in [0.1, 0.15) is 0 Å². The lowest BCUT2D eigenvalue weighted by molar-refractivity contribution is 0.489. The quantitative estimate of drug-likeness (QED) is 0.382. The van der Waals surface area contributed by atoms with Gasteiger partial charge in [-0.25, -0.2) is 18.1 Å². The lowest BCUT2D eigenvalue weighted by atomic mass is 10.0. The monoisotopic (exact) mass is 481 g/mol. The van der Waals surface area contributed by atoms with Crippen LogP contribution in [0.25, 0.3) is 0 Å².